The van der Waals surface area contributed by atoms with Crippen molar-refractivity contribution in [3.05, 3.63) is 12.2 Å². The Hall–Kier alpha value is -1.32. The van der Waals surface area contributed by atoms with E-state index in [1.54, 1.807) is 6.08 Å². The van der Waals surface area contributed by atoms with Gasteiger partial charge in [0.2, 0.25) is 0 Å². The van der Waals surface area contributed by atoms with Crippen molar-refractivity contribution in [2.24, 2.45) is 11.5 Å². The van der Waals surface area contributed by atoms with Gasteiger partial charge in [-0.2, -0.15) is 0 Å². The number of amides is 2. The molecule has 0 spiro atoms. The number of urea groups is 1. The van der Waals surface area contributed by atoms with Crippen molar-refractivity contribution in [3.8, 4) is 0 Å². The van der Waals surface area contributed by atoms with Crippen LogP contribution in [0.4, 0.5) is 4.79 Å². The van der Waals surface area contributed by atoms with E-state index in [0.717, 1.165) is 12.7 Å². The molecule has 0 aliphatic heterocycles. The molecule has 0 saturated heterocycles. The number of carbonyl (C=O) groups excluding carboxylic acids is 2. The minimum Gasteiger partial charge on any atom is -0.352 e. The molecule has 4 heteroatoms. The van der Waals surface area contributed by atoms with Crippen LogP contribution in [-0.4, -0.2) is 12.3 Å². The van der Waals surface area contributed by atoms with Crippen molar-refractivity contribution >= 4 is 12.3 Å². The summed E-state index contributed by atoms with van der Waals surface area (Å²) >= 11 is 0. The monoisotopic (exact) mass is 172 g/mol. The normalized spacial score (nSPS) is 8.75. The summed E-state index contributed by atoms with van der Waals surface area (Å²) in [6.45, 7) is 2.13. The average Bonchev–Trinajstić information content (AvgIpc) is 1.97. The fourth-order valence-corrected chi connectivity index (χ4v) is 0.474. The van der Waals surface area contributed by atoms with Crippen molar-refractivity contribution in [2.75, 3.05) is 0 Å². The van der Waals surface area contributed by atoms with E-state index in [1.807, 2.05) is 6.08 Å². The molecule has 0 radical (unpaired) electrons. The standard InChI is InChI=1S/C7H12O.CH4N2O/c1-2-3-4-5-6-7-8;2-1(3)4/h5-7H,2-4H2,1H3;(H4,2,3,4). The Balaban J connectivity index is 0. The lowest BCUT2D eigenvalue weighted by Crippen LogP contribution is -2.18. The number of unbranched alkanes of at least 4 members (excludes halogenated alkanes) is 2. The molecular formula is C8H16N2O2. The second kappa shape index (κ2) is 12.4. The Morgan fingerprint density at radius 3 is 2.25 bits per heavy atom. The minimum absolute atomic E-state index is 0.815. The Labute approximate surface area is 72.6 Å². The van der Waals surface area contributed by atoms with Gasteiger partial charge in [-0.1, -0.05) is 25.8 Å². The molecule has 0 bridgehead atoms. The molecule has 0 unspecified atom stereocenters. The number of rotatable bonds is 4. The van der Waals surface area contributed by atoms with Crippen LogP contribution in [0.1, 0.15) is 26.2 Å². The van der Waals surface area contributed by atoms with Crippen LogP contribution < -0.4 is 11.5 Å². The van der Waals surface area contributed by atoms with Crippen molar-refractivity contribution < 1.29 is 9.59 Å². The number of hydrogen-bond acceptors (Lipinski definition) is 2. The summed E-state index contributed by atoms with van der Waals surface area (Å²) in [5.74, 6) is 0. The van der Waals surface area contributed by atoms with Crippen LogP contribution in [0, 0.1) is 0 Å². The number of hydrogen-bond donors (Lipinski definition) is 2. The van der Waals surface area contributed by atoms with Gasteiger partial charge in [-0.15, -0.1) is 0 Å². The maximum Gasteiger partial charge on any atom is 0.309 e. The highest BCUT2D eigenvalue weighted by Crippen LogP contribution is 1.93. The predicted octanol–water partition coefficient (Wildman–Crippen LogP) is 0.956. The van der Waals surface area contributed by atoms with E-state index in [9.17, 15) is 4.79 Å². The molecule has 2 amide bonds. The molecule has 0 fully saturated rings. The second-order valence-corrected chi connectivity index (χ2v) is 2.11. The summed E-state index contributed by atoms with van der Waals surface area (Å²) < 4.78 is 0. The highest BCUT2D eigenvalue weighted by Gasteiger charge is 1.74. The van der Waals surface area contributed by atoms with E-state index in [0.29, 0.717) is 0 Å². The van der Waals surface area contributed by atoms with Gasteiger partial charge in [0, 0.05) is 0 Å². The zero-order valence-corrected chi connectivity index (χ0v) is 7.32. The summed E-state index contributed by atoms with van der Waals surface area (Å²) in [5.41, 5.74) is 8.50. The highest BCUT2D eigenvalue weighted by molar-refractivity contribution is 5.69. The largest absolute Gasteiger partial charge is 0.352 e. The molecule has 0 heterocycles. The second-order valence-electron chi connectivity index (χ2n) is 2.11. The van der Waals surface area contributed by atoms with Gasteiger partial charge in [0.25, 0.3) is 0 Å². The SMILES string of the molecule is CCCCC=CC=O.NC(N)=O. The van der Waals surface area contributed by atoms with Gasteiger partial charge in [0.05, 0.1) is 0 Å². The summed E-state index contributed by atoms with van der Waals surface area (Å²) in [4.78, 5) is 18.7. The van der Waals surface area contributed by atoms with Crippen LogP contribution in [0.25, 0.3) is 0 Å². The van der Waals surface area contributed by atoms with Gasteiger partial charge in [-0.3, -0.25) is 4.79 Å². The van der Waals surface area contributed by atoms with E-state index >= 15 is 0 Å². The molecule has 0 aliphatic carbocycles. The van der Waals surface area contributed by atoms with Gasteiger partial charge in [0.15, 0.2) is 0 Å². The van der Waals surface area contributed by atoms with Crippen molar-refractivity contribution in [2.45, 2.75) is 26.2 Å². The fraction of sp³-hybridized carbons (Fsp3) is 0.500. The van der Waals surface area contributed by atoms with E-state index in [1.165, 1.54) is 12.8 Å². The van der Waals surface area contributed by atoms with Crippen LogP contribution in [-0.2, 0) is 4.79 Å². The first kappa shape index (κ1) is 13.3. The molecular weight excluding hydrogens is 156 g/mol. The first-order valence-corrected chi connectivity index (χ1v) is 3.80. The third-order valence-corrected chi connectivity index (χ3v) is 0.939. The summed E-state index contributed by atoms with van der Waals surface area (Å²) in [7, 11) is 0. The smallest absolute Gasteiger partial charge is 0.309 e. The number of carbonyl (C=O) groups is 2. The Morgan fingerprint density at radius 1 is 1.42 bits per heavy atom. The maximum absolute atomic E-state index is 9.68. The van der Waals surface area contributed by atoms with Gasteiger partial charge >= 0.3 is 6.03 Å². The summed E-state index contributed by atoms with van der Waals surface area (Å²) in [6, 6.07) is -0.833. The molecule has 12 heavy (non-hydrogen) atoms. The van der Waals surface area contributed by atoms with Crippen LogP contribution in [0.5, 0.6) is 0 Å². The molecule has 70 valence electrons. The Morgan fingerprint density at radius 2 is 1.92 bits per heavy atom. The third-order valence-electron chi connectivity index (χ3n) is 0.939. The van der Waals surface area contributed by atoms with Crippen molar-refractivity contribution in [3.63, 3.8) is 0 Å². The number of aldehydes is 1. The molecule has 0 aromatic rings. The molecule has 0 aliphatic rings. The summed E-state index contributed by atoms with van der Waals surface area (Å²) in [5, 5.41) is 0. The van der Waals surface area contributed by atoms with Gasteiger partial charge in [-0.05, 0) is 12.5 Å². The minimum atomic E-state index is -0.833. The molecule has 0 saturated carbocycles. The summed E-state index contributed by atoms with van der Waals surface area (Å²) in [6.07, 6.45) is 7.69. The van der Waals surface area contributed by atoms with Crippen LogP contribution >= 0.6 is 0 Å². The average molecular weight is 172 g/mol. The zero-order valence-electron chi connectivity index (χ0n) is 7.32. The van der Waals surface area contributed by atoms with Crippen LogP contribution in [0.2, 0.25) is 0 Å². The number of nitrogens with two attached hydrogens (primary N) is 2. The molecule has 0 aromatic carbocycles. The molecule has 4 N–H and O–H groups in total. The molecule has 4 nitrogen and oxygen atoms in total. The lowest BCUT2D eigenvalue weighted by Gasteiger charge is -1.83. The van der Waals surface area contributed by atoms with E-state index in [4.69, 9.17) is 4.79 Å². The molecule has 0 atom stereocenters. The first-order chi connectivity index (χ1) is 5.65. The molecule has 0 rings (SSSR count). The maximum atomic E-state index is 9.68. The molecule has 0 aromatic heterocycles. The van der Waals surface area contributed by atoms with Gasteiger partial charge in [-0.25, -0.2) is 4.79 Å². The topological polar surface area (TPSA) is 86.2 Å². The van der Waals surface area contributed by atoms with E-state index < -0.39 is 6.03 Å². The Bertz CT molecular complexity index is 140. The number of allylic oxidation sites excluding steroid dienone is 2. The van der Waals surface area contributed by atoms with Gasteiger partial charge in [0.1, 0.15) is 6.29 Å². The van der Waals surface area contributed by atoms with Crippen LogP contribution in [0.15, 0.2) is 12.2 Å². The van der Waals surface area contributed by atoms with Gasteiger partial charge < -0.3 is 11.5 Å². The Kier molecular flexibility index (Phi) is 13.7. The third kappa shape index (κ3) is 37.8. The quantitative estimate of drug-likeness (QED) is 0.376. The van der Waals surface area contributed by atoms with E-state index in [2.05, 4.69) is 18.4 Å². The first-order valence-electron chi connectivity index (χ1n) is 3.80. The number of primary amides is 2. The predicted molar refractivity (Wildman–Crippen MR) is 48.5 cm³/mol. The van der Waals surface area contributed by atoms with Crippen molar-refractivity contribution in [1.29, 1.82) is 0 Å². The lowest BCUT2D eigenvalue weighted by molar-refractivity contribution is -0.104. The highest BCUT2D eigenvalue weighted by atomic mass is 16.2. The zero-order chi connectivity index (χ0) is 9.82. The lowest BCUT2D eigenvalue weighted by atomic mass is 10.2. The van der Waals surface area contributed by atoms with E-state index in [-0.39, 0.29) is 0 Å². The fourth-order valence-electron chi connectivity index (χ4n) is 0.474. The van der Waals surface area contributed by atoms with Crippen LogP contribution in [0.3, 0.4) is 0 Å². The van der Waals surface area contributed by atoms with Crippen molar-refractivity contribution in [1.82, 2.24) is 0 Å².